The lowest BCUT2D eigenvalue weighted by Crippen LogP contribution is -2.22. The highest BCUT2D eigenvalue weighted by Gasteiger charge is 2.20. The second-order valence-electron chi connectivity index (χ2n) is 5.19. The smallest absolute Gasteiger partial charge is 0.140 e. The van der Waals surface area contributed by atoms with Gasteiger partial charge in [-0.2, -0.15) is 0 Å². The van der Waals surface area contributed by atoms with Gasteiger partial charge < -0.3 is 9.64 Å². The minimum atomic E-state index is -0.229. The van der Waals surface area contributed by atoms with Gasteiger partial charge in [-0.05, 0) is 27.1 Å². The number of hydrogen-bond donors (Lipinski definition) is 0. The molecule has 0 radical (unpaired) electrons. The molecule has 0 aromatic rings. The van der Waals surface area contributed by atoms with Crippen molar-refractivity contribution in [1.29, 1.82) is 0 Å². The normalized spacial score (nSPS) is 12.1. The van der Waals surface area contributed by atoms with Crippen LogP contribution in [0.1, 0.15) is 33.6 Å². The molecule has 0 bridgehead atoms. The Hall–Kier alpha value is -0.410. The third kappa shape index (κ3) is 8.58. The van der Waals surface area contributed by atoms with E-state index in [1.807, 2.05) is 34.9 Å². The van der Waals surface area contributed by atoms with Crippen LogP contribution >= 0.6 is 0 Å². The zero-order valence-electron chi connectivity index (χ0n) is 10.8. The van der Waals surface area contributed by atoms with E-state index in [2.05, 4.69) is 4.90 Å². The molecule has 0 aliphatic rings. The third-order valence-electron chi connectivity index (χ3n) is 2.20. The first-order chi connectivity index (χ1) is 6.84. The zero-order chi connectivity index (χ0) is 11.9. The van der Waals surface area contributed by atoms with Crippen molar-refractivity contribution >= 4 is 5.78 Å². The van der Waals surface area contributed by atoms with Crippen LogP contribution in [0.25, 0.3) is 0 Å². The second kappa shape index (κ2) is 6.96. The Labute approximate surface area is 93.8 Å². The molecule has 0 fully saturated rings. The van der Waals surface area contributed by atoms with Crippen LogP contribution in [-0.4, -0.2) is 44.5 Å². The first-order valence-corrected chi connectivity index (χ1v) is 5.60. The van der Waals surface area contributed by atoms with Crippen molar-refractivity contribution in [3.63, 3.8) is 0 Å². The molecular formula is C12H25NO2. The average molecular weight is 215 g/mol. The van der Waals surface area contributed by atoms with Crippen molar-refractivity contribution in [2.24, 2.45) is 5.41 Å². The third-order valence-corrected chi connectivity index (χ3v) is 2.20. The Morgan fingerprint density at radius 2 is 1.80 bits per heavy atom. The maximum atomic E-state index is 11.5. The number of rotatable bonds is 7. The van der Waals surface area contributed by atoms with Crippen molar-refractivity contribution in [3.8, 4) is 0 Å². The molecule has 3 nitrogen and oxygen atoms in total. The lowest BCUT2D eigenvalue weighted by Gasteiger charge is -2.16. The number of ketones is 1. The molecule has 0 unspecified atom stereocenters. The van der Waals surface area contributed by atoms with Crippen molar-refractivity contribution in [1.82, 2.24) is 4.90 Å². The van der Waals surface area contributed by atoms with E-state index in [1.54, 1.807) is 0 Å². The molecule has 0 saturated carbocycles. The first kappa shape index (κ1) is 14.6. The summed E-state index contributed by atoms with van der Waals surface area (Å²) >= 11 is 0. The van der Waals surface area contributed by atoms with E-state index >= 15 is 0 Å². The van der Waals surface area contributed by atoms with Crippen molar-refractivity contribution in [3.05, 3.63) is 0 Å². The summed E-state index contributed by atoms with van der Waals surface area (Å²) in [5.74, 6) is 0.273. The predicted molar refractivity (Wildman–Crippen MR) is 63.1 cm³/mol. The predicted octanol–water partition coefficient (Wildman–Crippen LogP) is 1.96. The molecule has 0 aliphatic heterocycles. The SMILES string of the molecule is CN(C)CCCOCCC(=O)C(C)(C)C. The lowest BCUT2D eigenvalue weighted by molar-refractivity contribution is -0.127. The minimum absolute atomic E-state index is 0.229. The number of ether oxygens (including phenoxy) is 1. The van der Waals surface area contributed by atoms with Gasteiger partial charge in [-0.3, -0.25) is 4.79 Å². The minimum Gasteiger partial charge on any atom is -0.381 e. The molecule has 0 atom stereocenters. The molecule has 3 heteroatoms. The fourth-order valence-corrected chi connectivity index (χ4v) is 1.12. The van der Waals surface area contributed by atoms with Gasteiger partial charge in [0.25, 0.3) is 0 Å². The van der Waals surface area contributed by atoms with Crippen molar-refractivity contribution in [2.45, 2.75) is 33.6 Å². The van der Waals surface area contributed by atoms with Gasteiger partial charge in [-0.15, -0.1) is 0 Å². The summed E-state index contributed by atoms with van der Waals surface area (Å²) in [6.07, 6.45) is 1.56. The van der Waals surface area contributed by atoms with E-state index in [9.17, 15) is 4.79 Å². The van der Waals surface area contributed by atoms with Gasteiger partial charge >= 0.3 is 0 Å². The van der Waals surface area contributed by atoms with E-state index < -0.39 is 0 Å². The van der Waals surface area contributed by atoms with Gasteiger partial charge in [0.2, 0.25) is 0 Å². The second-order valence-corrected chi connectivity index (χ2v) is 5.19. The highest BCUT2D eigenvalue weighted by atomic mass is 16.5. The highest BCUT2D eigenvalue weighted by molar-refractivity contribution is 5.83. The molecular weight excluding hydrogens is 190 g/mol. The topological polar surface area (TPSA) is 29.5 Å². The van der Waals surface area contributed by atoms with Crippen LogP contribution in [0.3, 0.4) is 0 Å². The van der Waals surface area contributed by atoms with Crippen LogP contribution in [0.15, 0.2) is 0 Å². The summed E-state index contributed by atoms with van der Waals surface area (Å²) in [6, 6.07) is 0. The molecule has 0 heterocycles. The number of carbonyl (C=O) groups is 1. The lowest BCUT2D eigenvalue weighted by atomic mass is 9.89. The van der Waals surface area contributed by atoms with E-state index in [0.29, 0.717) is 13.0 Å². The maximum absolute atomic E-state index is 11.5. The summed E-state index contributed by atoms with van der Waals surface area (Å²) < 4.78 is 5.40. The fourth-order valence-electron chi connectivity index (χ4n) is 1.12. The number of Topliss-reactive ketones (excluding diaryl/α,β-unsaturated/α-hetero) is 1. The van der Waals surface area contributed by atoms with Crippen LogP contribution in [0.2, 0.25) is 0 Å². The number of hydrogen-bond acceptors (Lipinski definition) is 3. The number of carbonyl (C=O) groups excluding carboxylic acids is 1. The molecule has 0 amide bonds. The fraction of sp³-hybridized carbons (Fsp3) is 0.917. The summed E-state index contributed by atoms with van der Waals surface area (Å²) in [6.45, 7) is 8.18. The van der Waals surface area contributed by atoms with E-state index in [0.717, 1.165) is 19.6 Å². The monoisotopic (exact) mass is 215 g/mol. The van der Waals surface area contributed by atoms with Crippen LogP contribution in [0.5, 0.6) is 0 Å². The summed E-state index contributed by atoms with van der Waals surface area (Å²) in [5.41, 5.74) is -0.229. The molecule has 90 valence electrons. The molecule has 0 N–H and O–H groups in total. The first-order valence-electron chi connectivity index (χ1n) is 5.60. The Balaban J connectivity index is 3.36. The Morgan fingerprint density at radius 1 is 1.20 bits per heavy atom. The number of nitrogens with zero attached hydrogens (tertiary/aromatic N) is 1. The average Bonchev–Trinajstić information content (AvgIpc) is 2.08. The van der Waals surface area contributed by atoms with Crippen LogP contribution in [-0.2, 0) is 9.53 Å². The van der Waals surface area contributed by atoms with Gasteiger partial charge in [0.15, 0.2) is 0 Å². The molecule has 0 rings (SSSR count). The molecule has 0 aliphatic carbocycles. The van der Waals surface area contributed by atoms with Crippen molar-refractivity contribution in [2.75, 3.05) is 33.9 Å². The summed E-state index contributed by atoms with van der Waals surface area (Å²) in [7, 11) is 4.09. The van der Waals surface area contributed by atoms with Gasteiger partial charge in [0.1, 0.15) is 5.78 Å². The molecule has 0 spiro atoms. The van der Waals surface area contributed by atoms with Gasteiger partial charge in [-0.25, -0.2) is 0 Å². The van der Waals surface area contributed by atoms with Gasteiger partial charge in [0, 0.05) is 18.4 Å². The summed E-state index contributed by atoms with van der Waals surface area (Å²) in [4.78, 5) is 13.6. The van der Waals surface area contributed by atoms with Crippen LogP contribution in [0, 0.1) is 5.41 Å². The molecule has 0 saturated heterocycles. The molecule has 0 aromatic heterocycles. The Kier molecular flexibility index (Phi) is 6.77. The molecule has 0 aromatic carbocycles. The zero-order valence-corrected chi connectivity index (χ0v) is 10.8. The standard InChI is InChI=1S/C12H25NO2/c1-12(2,3)11(14)7-10-15-9-6-8-13(4)5/h6-10H2,1-5H3. The molecule has 15 heavy (non-hydrogen) atoms. The largest absolute Gasteiger partial charge is 0.381 e. The summed E-state index contributed by atoms with van der Waals surface area (Å²) in [5, 5.41) is 0. The van der Waals surface area contributed by atoms with Gasteiger partial charge in [0.05, 0.1) is 6.61 Å². The van der Waals surface area contributed by atoms with Crippen molar-refractivity contribution < 1.29 is 9.53 Å². The van der Waals surface area contributed by atoms with E-state index in [1.165, 1.54) is 0 Å². The highest BCUT2D eigenvalue weighted by Crippen LogP contribution is 2.16. The maximum Gasteiger partial charge on any atom is 0.140 e. The Morgan fingerprint density at radius 3 is 2.27 bits per heavy atom. The van der Waals surface area contributed by atoms with Crippen LogP contribution in [0.4, 0.5) is 0 Å². The quantitative estimate of drug-likeness (QED) is 0.608. The van der Waals surface area contributed by atoms with Crippen LogP contribution < -0.4 is 0 Å². The van der Waals surface area contributed by atoms with Gasteiger partial charge in [-0.1, -0.05) is 20.8 Å². The van der Waals surface area contributed by atoms with E-state index in [-0.39, 0.29) is 11.2 Å². The van der Waals surface area contributed by atoms with E-state index in [4.69, 9.17) is 4.74 Å². The Bertz CT molecular complexity index is 183.